The van der Waals surface area contributed by atoms with E-state index in [1.807, 2.05) is 0 Å². The van der Waals surface area contributed by atoms with E-state index in [2.05, 4.69) is 4.98 Å². The van der Waals surface area contributed by atoms with E-state index in [1.165, 1.54) is 12.3 Å². The van der Waals surface area contributed by atoms with Crippen molar-refractivity contribution in [3.63, 3.8) is 0 Å². The minimum Gasteiger partial charge on any atom is -0.490 e. The Hall–Kier alpha value is -1.86. The first kappa shape index (κ1) is 17.0. The Balaban J connectivity index is 1.59. The molecule has 0 aliphatic carbocycles. The molecular weight excluding hydrogens is 323 g/mol. The van der Waals surface area contributed by atoms with Gasteiger partial charge in [-0.25, -0.2) is 0 Å². The van der Waals surface area contributed by atoms with Gasteiger partial charge in [0.25, 0.3) is 0 Å². The van der Waals surface area contributed by atoms with Crippen LogP contribution in [0.5, 0.6) is 5.75 Å². The average molecular weight is 341 g/mol. The summed E-state index contributed by atoms with van der Waals surface area (Å²) in [6.45, 7) is 2.16. The molecule has 1 aliphatic heterocycles. The summed E-state index contributed by atoms with van der Waals surface area (Å²) in [5.74, 6) is 0.428. The zero-order chi connectivity index (χ0) is 17.0. The Morgan fingerprint density at radius 1 is 1.17 bits per heavy atom. The number of hydrogen-bond donors (Lipinski definition) is 0. The van der Waals surface area contributed by atoms with E-state index in [0.717, 1.165) is 18.9 Å². The third-order valence-corrected chi connectivity index (χ3v) is 3.87. The highest BCUT2D eigenvalue weighted by molar-refractivity contribution is 5.83. The highest BCUT2D eigenvalue weighted by Crippen LogP contribution is 2.34. The Labute approximate surface area is 137 Å². The van der Waals surface area contributed by atoms with Crippen LogP contribution in [0.25, 0.3) is 10.9 Å². The summed E-state index contributed by atoms with van der Waals surface area (Å²) in [6.07, 6.45) is -1.18. The maximum absolute atomic E-state index is 12.9. The molecule has 0 N–H and O–H groups in total. The smallest absolute Gasteiger partial charge is 0.418 e. The third-order valence-electron chi connectivity index (χ3n) is 3.87. The topological polar surface area (TPSA) is 40.6 Å². The Kier molecular flexibility index (Phi) is 5.20. The molecule has 7 heteroatoms. The van der Waals surface area contributed by atoms with Gasteiger partial charge in [0.15, 0.2) is 0 Å². The molecule has 0 atom stereocenters. The maximum atomic E-state index is 12.9. The van der Waals surface area contributed by atoms with Crippen LogP contribution in [0.15, 0.2) is 30.5 Å². The summed E-state index contributed by atoms with van der Waals surface area (Å²) in [4.78, 5) is 3.91. The summed E-state index contributed by atoms with van der Waals surface area (Å²) in [5, 5.41) is 0.396. The Bertz CT molecular complexity index is 684. The Morgan fingerprint density at radius 2 is 1.96 bits per heavy atom. The van der Waals surface area contributed by atoms with Crippen LogP contribution < -0.4 is 4.74 Å². The first-order valence-electron chi connectivity index (χ1n) is 7.82. The van der Waals surface area contributed by atoms with Crippen molar-refractivity contribution in [1.82, 2.24) is 4.98 Å². The second-order valence-corrected chi connectivity index (χ2v) is 5.58. The largest absolute Gasteiger partial charge is 0.490 e. The van der Waals surface area contributed by atoms with Crippen molar-refractivity contribution in [3.05, 3.63) is 36.0 Å². The van der Waals surface area contributed by atoms with Crippen LogP contribution in [0.4, 0.5) is 13.2 Å². The number of para-hydroxylation sites is 1. The number of hydrogen-bond acceptors (Lipinski definition) is 4. The van der Waals surface area contributed by atoms with E-state index in [9.17, 15) is 13.2 Å². The number of aromatic nitrogens is 1. The number of benzene rings is 1. The van der Waals surface area contributed by atoms with Gasteiger partial charge in [0.05, 0.1) is 30.0 Å². The first-order chi connectivity index (χ1) is 11.5. The molecule has 0 bridgehead atoms. The first-order valence-corrected chi connectivity index (χ1v) is 7.82. The van der Waals surface area contributed by atoms with Gasteiger partial charge in [-0.05, 0) is 25.0 Å². The number of pyridine rings is 1. The molecule has 0 radical (unpaired) electrons. The standard InChI is InChI=1S/C17H18F3NO3/c18-17(19,20)15-3-1-2-12-10-14(11-21-16(12)15)24-9-8-23-13-4-6-22-7-5-13/h1-3,10-11,13H,4-9H2. The summed E-state index contributed by atoms with van der Waals surface area (Å²) in [6, 6.07) is 5.54. The minimum absolute atomic E-state index is 0.0733. The summed E-state index contributed by atoms with van der Waals surface area (Å²) in [7, 11) is 0. The molecule has 24 heavy (non-hydrogen) atoms. The zero-order valence-electron chi connectivity index (χ0n) is 13.0. The average Bonchev–Trinajstić information content (AvgIpc) is 2.58. The van der Waals surface area contributed by atoms with Gasteiger partial charge in [-0.15, -0.1) is 0 Å². The van der Waals surface area contributed by atoms with Gasteiger partial charge in [0.2, 0.25) is 0 Å². The molecule has 0 spiro atoms. The lowest BCUT2D eigenvalue weighted by Crippen LogP contribution is -2.25. The van der Waals surface area contributed by atoms with Crippen molar-refractivity contribution >= 4 is 10.9 Å². The second kappa shape index (κ2) is 7.36. The Morgan fingerprint density at radius 3 is 2.71 bits per heavy atom. The highest BCUT2D eigenvalue weighted by Gasteiger charge is 2.33. The molecule has 1 aromatic heterocycles. The summed E-state index contributed by atoms with van der Waals surface area (Å²) in [5.41, 5.74) is -0.815. The molecule has 2 heterocycles. The van der Waals surface area contributed by atoms with Gasteiger partial charge in [-0.2, -0.15) is 13.2 Å². The van der Waals surface area contributed by atoms with Gasteiger partial charge in [0.1, 0.15) is 12.4 Å². The number of nitrogens with zero attached hydrogens (tertiary/aromatic N) is 1. The molecule has 1 saturated heterocycles. The van der Waals surface area contributed by atoms with E-state index in [0.29, 0.717) is 37.6 Å². The van der Waals surface area contributed by atoms with Crippen molar-refractivity contribution in [1.29, 1.82) is 0 Å². The van der Waals surface area contributed by atoms with E-state index in [4.69, 9.17) is 14.2 Å². The summed E-state index contributed by atoms with van der Waals surface area (Å²) >= 11 is 0. The minimum atomic E-state index is -4.42. The van der Waals surface area contributed by atoms with E-state index in [1.54, 1.807) is 12.1 Å². The molecule has 0 saturated carbocycles. The van der Waals surface area contributed by atoms with Crippen molar-refractivity contribution in [3.8, 4) is 5.75 Å². The fourth-order valence-electron chi connectivity index (χ4n) is 2.67. The van der Waals surface area contributed by atoms with Gasteiger partial charge in [-0.1, -0.05) is 12.1 Å². The molecule has 130 valence electrons. The fourth-order valence-corrected chi connectivity index (χ4v) is 2.67. The number of ether oxygens (including phenoxy) is 3. The fraction of sp³-hybridized carbons (Fsp3) is 0.471. The van der Waals surface area contributed by atoms with Crippen molar-refractivity contribution in [2.24, 2.45) is 0 Å². The van der Waals surface area contributed by atoms with Crippen LogP contribution in [0.3, 0.4) is 0 Å². The van der Waals surface area contributed by atoms with Gasteiger partial charge < -0.3 is 14.2 Å². The van der Waals surface area contributed by atoms with Crippen LogP contribution in [-0.2, 0) is 15.7 Å². The number of rotatable bonds is 5. The van der Waals surface area contributed by atoms with Crippen LogP contribution in [0, 0.1) is 0 Å². The van der Waals surface area contributed by atoms with Crippen LogP contribution in [0.1, 0.15) is 18.4 Å². The molecule has 3 rings (SSSR count). The normalized spacial score (nSPS) is 16.5. The molecule has 1 aromatic carbocycles. The molecule has 2 aromatic rings. The quantitative estimate of drug-likeness (QED) is 0.775. The van der Waals surface area contributed by atoms with Crippen molar-refractivity contribution < 1.29 is 27.4 Å². The SMILES string of the molecule is FC(F)(F)c1cccc2cc(OCCOC3CCOCC3)cnc12. The zero-order valence-corrected chi connectivity index (χ0v) is 13.0. The maximum Gasteiger partial charge on any atom is 0.418 e. The van der Waals surface area contributed by atoms with E-state index in [-0.39, 0.29) is 11.6 Å². The molecule has 1 aliphatic rings. The lowest BCUT2D eigenvalue weighted by Gasteiger charge is -2.22. The molecule has 1 fully saturated rings. The molecular formula is C17H18F3NO3. The third kappa shape index (κ3) is 4.15. The van der Waals surface area contributed by atoms with Crippen LogP contribution in [-0.4, -0.2) is 37.5 Å². The van der Waals surface area contributed by atoms with E-state index >= 15 is 0 Å². The monoisotopic (exact) mass is 341 g/mol. The summed E-state index contributed by atoms with van der Waals surface area (Å²) < 4.78 is 55.3. The van der Waals surface area contributed by atoms with Crippen LogP contribution in [0.2, 0.25) is 0 Å². The van der Waals surface area contributed by atoms with E-state index < -0.39 is 11.7 Å². The van der Waals surface area contributed by atoms with Gasteiger partial charge in [0, 0.05) is 18.6 Å². The number of halogens is 3. The number of alkyl halides is 3. The molecule has 0 unspecified atom stereocenters. The lowest BCUT2D eigenvalue weighted by molar-refractivity contribution is -0.136. The van der Waals surface area contributed by atoms with Gasteiger partial charge in [-0.3, -0.25) is 4.98 Å². The van der Waals surface area contributed by atoms with Crippen molar-refractivity contribution in [2.45, 2.75) is 25.1 Å². The molecule has 0 amide bonds. The lowest BCUT2D eigenvalue weighted by atomic mass is 10.1. The predicted molar refractivity (Wildman–Crippen MR) is 82.0 cm³/mol. The van der Waals surface area contributed by atoms with Crippen molar-refractivity contribution in [2.75, 3.05) is 26.4 Å². The van der Waals surface area contributed by atoms with Crippen LogP contribution >= 0.6 is 0 Å². The molecule has 4 nitrogen and oxygen atoms in total. The highest BCUT2D eigenvalue weighted by atomic mass is 19.4. The van der Waals surface area contributed by atoms with Gasteiger partial charge >= 0.3 is 6.18 Å². The number of fused-ring (bicyclic) bond motifs is 1. The second-order valence-electron chi connectivity index (χ2n) is 5.58. The predicted octanol–water partition coefficient (Wildman–Crippen LogP) is 3.83.